The number of hydrogen-bond acceptors (Lipinski definition) is 4. The lowest BCUT2D eigenvalue weighted by molar-refractivity contribution is 0.0388. The van der Waals surface area contributed by atoms with Gasteiger partial charge in [0, 0.05) is 51.5 Å². The third-order valence-electron chi connectivity index (χ3n) is 3.59. The van der Waals surface area contributed by atoms with Crippen LogP contribution in [-0.4, -0.2) is 75.2 Å². The van der Waals surface area contributed by atoms with Crippen molar-refractivity contribution in [3.8, 4) is 0 Å². The van der Waals surface area contributed by atoms with E-state index in [0.717, 1.165) is 32.8 Å². The van der Waals surface area contributed by atoms with Crippen LogP contribution in [0.3, 0.4) is 0 Å². The predicted octanol–water partition coefficient (Wildman–Crippen LogP) is 0.842. The summed E-state index contributed by atoms with van der Waals surface area (Å²) in [5.74, 6) is -0.0959. The van der Waals surface area contributed by atoms with Gasteiger partial charge in [-0.1, -0.05) is 6.07 Å². The summed E-state index contributed by atoms with van der Waals surface area (Å²) < 4.78 is 5.28. The van der Waals surface area contributed by atoms with Crippen LogP contribution in [0, 0.1) is 0 Å². The van der Waals surface area contributed by atoms with Crippen LogP contribution in [0.1, 0.15) is 10.4 Å². The number of urea groups is 1. The second-order valence-electron chi connectivity index (χ2n) is 5.62. The summed E-state index contributed by atoms with van der Waals surface area (Å²) in [6.07, 6.45) is 0. The van der Waals surface area contributed by atoms with E-state index in [9.17, 15) is 9.59 Å². The summed E-state index contributed by atoms with van der Waals surface area (Å²) in [5, 5.41) is 5.57. The SMILES string of the molecule is CN(C)C(=O)c1cccc(NC(=O)NCCN2CCOCC2)c1. The van der Waals surface area contributed by atoms with E-state index in [4.69, 9.17) is 4.74 Å². The molecule has 1 aromatic rings. The fourth-order valence-corrected chi connectivity index (χ4v) is 2.32. The van der Waals surface area contributed by atoms with E-state index in [1.807, 2.05) is 0 Å². The van der Waals surface area contributed by atoms with Crippen molar-refractivity contribution in [2.24, 2.45) is 0 Å². The molecule has 1 heterocycles. The minimum Gasteiger partial charge on any atom is -0.379 e. The van der Waals surface area contributed by atoms with Crippen LogP contribution in [0.4, 0.5) is 10.5 Å². The molecular formula is C16H24N4O3. The Morgan fingerprint density at radius 1 is 1.26 bits per heavy atom. The fraction of sp³-hybridized carbons (Fsp3) is 0.500. The highest BCUT2D eigenvalue weighted by Crippen LogP contribution is 2.11. The highest BCUT2D eigenvalue weighted by Gasteiger charge is 2.11. The van der Waals surface area contributed by atoms with Crippen molar-refractivity contribution in [2.75, 3.05) is 58.8 Å². The molecule has 1 aliphatic rings. The highest BCUT2D eigenvalue weighted by molar-refractivity contribution is 5.96. The average Bonchev–Trinajstić information content (AvgIpc) is 2.55. The van der Waals surface area contributed by atoms with Gasteiger partial charge in [-0.15, -0.1) is 0 Å². The highest BCUT2D eigenvalue weighted by atomic mass is 16.5. The molecule has 0 radical (unpaired) electrons. The largest absolute Gasteiger partial charge is 0.379 e. The summed E-state index contributed by atoms with van der Waals surface area (Å²) in [5.41, 5.74) is 1.14. The molecule has 7 nitrogen and oxygen atoms in total. The molecule has 1 aromatic carbocycles. The Morgan fingerprint density at radius 3 is 2.70 bits per heavy atom. The first kappa shape index (κ1) is 17.2. The standard InChI is InChI=1S/C16H24N4O3/c1-19(2)15(21)13-4-3-5-14(12-13)18-16(22)17-6-7-20-8-10-23-11-9-20/h3-5,12H,6-11H2,1-2H3,(H2,17,18,22). The second kappa shape index (κ2) is 8.50. The molecular weight excluding hydrogens is 296 g/mol. The summed E-state index contributed by atoms with van der Waals surface area (Å²) >= 11 is 0. The van der Waals surface area contributed by atoms with Crippen LogP contribution in [0.2, 0.25) is 0 Å². The molecule has 1 saturated heterocycles. The smallest absolute Gasteiger partial charge is 0.319 e. The molecule has 23 heavy (non-hydrogen) atoms. The number of nitrogens with zero attached hydrogens (tertiary/aromatic N) is 2. The number of ether oxygens (including phenoxy) is 1. The Balaban J connectivity index is 1.78. The van der Waals surface area contributed by atoms with Crippen molar-refractivity contribution in [1.82, 2.24) is 15.1 Å². The van der Waals surface area contributed by atoms with Gasteiger partial charge in [0.05, 0.1) is 13.2 Å². The van der Waals surface area contributed by atoms with E-state index in [1.54, 1.807) is 38.4 Å². The number of amides is 3. The average molecular weight is 320 g/mol. The molecule has 0 saturated carbocycles. The number of rotatable bonds is 5. The van der Waals surface area contributed by atoms with E-state index in [1.165, 1.54) is 4.90 Å². The van der Waals surface area contributed by atoms with Gasteiger partial charge in [-0.25, -0.2) is 4.79 Å². The Morgan fingerprint density at radius 2 is 2.00 bits per heavy atom. The number of morpholine rings is 1. The second-order valence-corrected chi connectivity index (χ2v) is 5.62. The van der Waals surface area contributed by atoms with Gasteiger partial charge in [0.2, 0.25) is 0 Å². The van der Waals surface area contributed by atoms with Gasteiger partial charge in [-0.2, -0.15) is 0 Å². The van der Waals surface area contributed by atoms with E-state index < -0.39 is 0 Å². The first-order valence-electron chi connectivity index (χ1n) is 7.73. The molecule has 0 aromatic heterocycles. The van der Waals surface area contributed by atoms with Gasteiger partial charge in [0.15, 0.2) is 0 Å². The third-order valence-corrected chi connectivity index (χ3v) is 3.59. The summed E-state index contributed by atoms with van der Waals surface area (Å²) in [6.45, 7) is 4.67. The minimum atomic E-state index is -0.271. The fourth-order valence-electron chi connectivity index (χ4n) is 2.32. The predicted molar refractivity (Wildman–Crippen MR) is 88.7 cm³/mol. The number of anilines is 1. The van der Waals surface area contributed by atoms with Crippen LogP contribution in [0.5, 0.6) is 0 Å². The molecule has 0 unspecified atom stereocenters. The maximum Gasteiger partial charge on any atom is 0.319 e. The van der Waals surface area contributed by atoms with Crippen LogP contribution < -0.4 is 10.6 Å². The van der Waals surface area contributed by atoms with Crippen molar-refractivity contribution in [3.05, 3.63) is 29.8 Å². The maximum atomic E-state index is 11.9. The molecule has 0 atom stereocenters. The quantitative estimate of drug-likeness (QED) is 0.843. The maximum absolute atomic E-state index is 11.9. The molecule has 3 amide bonds. The van der Waals surface area contributed by atoms with E-state index in [2.05, 4.69) is 15.5 Å². The van der Waals surface area contributed by atoms with Crippen LogP contribution in [-0.2, 0) is 4.74 Å². The Kier molecular flexibility index (Phi) is 6.37. The molecule has 0 aliphatic carbocycles. The van der Waals surface area contributed by atoms with E-state index >= 15 is 0 Å². The molecule has 2 rings (SSSR count). The van der Waals surface area contributed by atoms with Crippen LogP contribution in [0.15, 0.2) is 24.3 Å². The number of carbonyl (C=O) groups is 2. The number of benzene rings is 1. The molecule has 0 spiro atoms. The zero-order chi connectivity index (χ0) is 16.7. The van der Waals surface area contributed by atoms with Gasteiger partial charge in [0.1, 0.15) is 0 Å². The van der Waals surface area contributed by atoms with Gasteiger partial charge in [-0.05, 0) is 18.2 Å². The van der Waals surface area contributed by atoms with Crippen molar-refractivity contribution in [2.45, 2.75) is 0 Å². The lowest BCUT2D eigenvalue weighted by atomic mass is 10.2. The number of nitrogens with one attached hydrogen (secondary N) is 2. The van der Waals surface area contributed by atoms with Gasteiger partial charge in [0.25, 0.3) is 5.91 Å². The van der Waals surface area contributed by atoms with Crippen molar-refractivity contribution < 1.29 is 14.3 Å². The monoisotopic (exact) mass is 320 g/mol. The number of carbonyl (C=O) groups excluding carboxylic acids is 2. The van der Waals surface area contributed by atoms with Gasteiger partial charge in [-0.3, -0.25) is 9.69 Å². The summed E-state index contributed by atoms with van der Waals surface area (Å²) in [7, 11) is 3.39. The normalized spacial score (nSPS) is 15.0. The van der Waals surface area contributed by atoms with Crippen molar-refractivity contribution >= 4 is 17.6 Å². The summed E-state index contributed by atoms with van der Waals surface area (Å²) in [4.78, 5) is 27.6. The topological polar surface area (TPSA) is 73.9 Å². The van der Waals surface area contributed by atoms with E-state index in [-0.39, 0.29) is 11.9 Å². The zero-order valence-corrected chi connectivity index (χ0v) is 13.7. The Bertz CT molecular complexity index is 542. The molecule has 1 fully saturated rings. The van der Waals surface area contributed by atoms with Crippen LogP contribution in [0.25, 0.3) is 0 Å². The molecule has 1 aliphatic heterocycles. The lowest BCUT2D eigenvalue weighted by Gasteiger charge is -2.26. The van der Waals surface area contributed by atoms with Gasteiger partial charge < -0.3 is 20.3 Å². The minimum absolute atomic E-state index is 0.0959. The number of hydrogen-bond donors (Lipinski definition) is 2. The first-order valence-corrected chi connectivity index (χ1v) is 7.73. The van der Waals surface area contributed by atoms with Crippen LogP contribution >= 0.6 is 0 Å². The molecule has 2 N–H and O–H groups in total. The lowest BCUT2D eigenvalue weighted by Crippen LogP contribution is -2.42. The molecule has 7 heteroatoms. The van der Waals surface area contributed by atoms with Crippen molar-refractivity contribution in [3.63, 3.8) is 0 Å². The Labute approximate surface area is 136 Å². The van der Waals surface area contributed by atoms with E-state index in [0.29, 0.717) is 17.8 Å². The van der Waals surface area contributed by atoms with Gasteiger partial charge >= 0.3 is 6.03 Å². The molecule has 126 valence electrons. The zero-order valence-electron chi connectivity index (χ0n) is 13.7. The third kappa shape index (κ3) is 5.54. The first-order chi connectivity index (χ1) is 11.1. The Hall–Kier alpha value is -2.12. The van der Waals surface area contributed by atoms with Crippen molar-refractivity contribution in [1.29, 1.82) is 0 Å². The summed E-state index contributed by atoms with van der Waals surface area (Å²) in [6, 6.07) is 6.63. The molecule has 0 bridgehead atoms.